The van der Waals surface area contributed by atoms with Gasteiger partial charge in [-0.15, -0.1) is 0 Å². The van der Waals surface area contributed by atoms with Gasteiger partial charge in [-0.05, 0) is 37.1 Å². The van der Waals surface area contributed by atoms with Gasteiger partial charge in [0.05, 0.1) is 30.3 Å². The summed E-state index contributed by atoms with van der Waals surface area (Å²) in [6, 6.07) is 61.6. The summed E-state index contributed by atoms with van der Waals surface area (Å²) in [5, 5.41) is 2.38. The third-order valence-corrected chi connectivity index (χ3v) is 10.6. The van der Waals surface area contributed by atoms with Crippen molar-refractivity contribution in [2.75, 3.05) is 0 Å². The Morgan fingerprint density at radius 3 is 0.676 bits per heavy atom. The number of Topliss-reactive ketones (excluding diaryl/α,β-unsaturated/α-hetero) is 6. The second-order valence-corrected chi connectivity index (χ2v) is 15.4. The molecule has 0 unspecified atom stereocenters. The van der Waals surface area contributed by atoms with Crippen LogP contribution >= 0.6 is 0 Å². The quantitative estimate of drug-likeness (QED) is 0.0672. The number of benzene rings is 7. The smallest absolute Gasteiger partial charge is 0.170 e. The average molecular weight is 1030 g/mol. The van der Waals surface area contributed by atoms with Crippen molar-refractivity contribution in [3.05, 3.63) is 263 Å². The van der Waals surface area contributed by atoms with Gasteiger partial charge in [-0.2, -0.15) is 0 Å². The fraction of sp³-hybridized carbons (Fsp3) is 0.0847. The molecule has 0 amide bonds. The molecule has 0 fully saturated rings. The van der Waals surface area contributed by atoms with E-state index in [1.807, 2.05) is 60.9 Å². The van der Waals surface area contributed by atoms with Crippen molar-refractivity contribution in [2.45, 2.75) is 33.1 Å². The fourth-order valence-electron chi connectivity index (χ4n) is 6.90. The SMILES string of the molecule is Cc1ccnc2c1ccc1c(C)ccnc12.O=C(CC(=O)c1ccccc1)c1ccccc1.O=C(CC(=O)c1ccccc1)c1ccccc1.O=C(CC(=O)c1ccccc1)c1ccccc1.[Eu]. The fourth-order valence-corrected chi connectivity index (χ4v) is 6.90. The summed E-state index contributed by atoms with van der Waals surface area (Å²) >= 11 is 0. The molecule has 0 aliphatic rings. The molecular weight excluding hydrogens is 985 g/mol. The number of hydrogen-bond donors (Lipinski definition) is 0. The molecule has 7 aromatic carbocycles. The van der Waals surface area contributed by atoms with Gasteiger partial charge in [0.1, 0.15) is 0 Å². The van der Waals surface area contributed by atoms with E-state index in [1.54, 1.807) is 146 Å². The Hall–Kier alpha value is -7.04. The van der Waals surface area contributed by atoms with Crippen LogP contribution in [0.25, 0.3) is 21.8 Å². The number of fused-ring (bicyclic) bond motifs is 3. The number of carbonyl (C=O) groups excluding carboxylic acids is 6. The van der Waals surface area contributed by atoms with E-state index in [0.717, 1.165) is 11.0 Å². The van der Waals surface area contributed by atoms with Crippen LogP contribution in [0.2, 0.25) is 0 Å². The second-order valence-electron chi connectivity index (χ2n) is 15.4. The van der Waals surface area contributed by atoms with E-state index < -0.39 is 0 Å². The first-order valence-corrected chi connectivity index (χ1v) is 21.7. The number of aryl methyl sites for hydroxylation is 2. The Morgan fingerprint density at radius 1 is 0.294 bits per heavy atom. The molecule has 0 saturated heterocycles. The van der Waals surface area contributed by atoms with Crippen LogP contribution in [0.4, 0.5) is 0 Å². The summed E-state index contributed by atoms with van der Waals surface area (Å²) < 4.78 is 0. The maximum atomic E-state index is 11.8. The number of pyridine rings is 2. The molecule has 337 valence electrons. The first kappa shape index (κ1) is 51.9. The summed E-state index contributed by atoms with van der Waals surface area (Å²) in [7, 11) is 0. The van der Waals surface area contributed by atoms with Gasteiger partial charge in [-0.25, -0.2) is 0 Å². The van der Waals surface area contributed by atoms with Crippen molar-refractivity contribution < 1.29 is 78.1 Å². The monoisotopic (exact) mass is 1030 g/mol. The number of carbonyl (C=O) groups is 6. The van der Waals surface area contributed by atoms with Crippen LogP contribution in [0.15, 0.2) is 219 Å². The first-order chi connectivity index (χ1) is 32.6. The minimum absolute atomic E-state index is 0. The Kier molecular flexibility index (Phi) is 20.6. The van der Waals surface area contributed by atoms with E-state index in [-0.39, 0.29) is 103 Å². The Bertz CT molecular complexity index is 2650. The zero-order chi connectivity index (χ0) is 47.4. The van der Waals surface area contributed by atoms with Gasteiger partial charge in [-0.1, -0.05) is 194 Å². The molecule has 2 aromatic heterocycles. The summed E-state index contributed by atoms with van der Waals surface area (Å²) in [5.41, 5.74) is 7.98. The van der Waals surface area contributed by atoms with Gasteiger partial charge in [0, 0.05) is 106 Å². The maximum Gasteiger partial charge on any atom is 0.170 e. The molecule has 0 saturated carbocycles. The van der Waals surface area contributed by atoms with E-state index >= 15 is 0 Å². The molecule has 1 radical (unpaired) electrons. The molecule has 0 aliphatic carbocycles. The molecule has 2 heterocycles. The van der Waals surface area contributed by atoms with Gasteiger partial charge < -0.3 is 0 Å². The van der Waals surface area contributed by atoms with Gasteiger partial charge >= 0.3 is 0 Å². The molecule has 9 rings (SSSR count). The average Bonchev–Trinajstić information content (AvgIpc) is 3.38. The predicted molar refractivity (Wildman–Crippen MR) is 265 cm³/mol. The van der Waals surface area contributed by atoms with Gasteiger partial charge in [-0.3, -0.25) is 38.7 Å². The van der Waals surface area contributed by atoms with Crippen LogP contribution in [-0.2, 0) is 0 Å². The molecular formula is C59H48EuN2O6. The van der Waals surface area contributed by atoms with Crippen LogP contribution < -0.4 is 0 Å². The predicted octanol–water partition coefficient (Wildman–Crippen LogP) is 12.8. The number of nitrogens with zero attached hydrogens (tertiary/aromatic N) is 2. The molecule has 0 atom stereocenters. The molecule has 0 spiro atoms. The largest absolute Gasteiger partial charge is 0.294 e. The minimum Gasteiger partial charge on any atom is -0.294 e. The number of hydrogen-bond acceptors (Lipinski definition) is 8. The van der Waals surface area contributed by atoms with Gasteiger partial charge in [0.25, 0.3) is 0 Å². The van der Waals surface area contributed by atoms with E-state index in [1.165, 1.54) is 21.9 Å². The van der Waals surface area contributed by atoms with Crippen molar-refractivity contribution >= 4 is 56.5 Å². The molecule has 9 heteroatoms. The standard InChI is InChI=1S/3C15H12O2.C14H12N2.Eu/c3*16-14(12-7-3-1-4-8-12)11-15(17)13-9-5-2-6-10-13;1-9-5-7-15-13-11(9)3-4-12-10(2)6-8-16-14(12)13;/h3*1-10H,11H2;3-8H,1-2H3;. The van der Waals surface area contributed by atoms with Crippen molar-refractivity contribution in [1.82, 2.24) is 9.97 Å². The van der Waals surface area contributed by atoms with Crippen LogP contribution in [-0.4, -0.2) is 44.7 Å². The summed E-state index contributed by atoms with van der Waals surface area (Å²) in [6.07, 6.45) is 3.47. The number of rotatable bonds is 12. The number of ketones is 6. The summed E-state index contributed by atoms with van der Waals surface area (Å²) in [5.74, 6) is -0.836. The molecule has 9 aromatic rings. The molecule has 0 bridgehead atoms. The zero-order valence-electron chi connectivity index (χ0n) is 37.6. The Balaban J connectivity index is 0.000000169. The molecule has 68 heavy (non-hydrogen) atoms. The van der Waals surface area contributed by atoms with Crippen LogP contribution in [0.3, 0.4) is 0 Å². The van der Waals surface area contributed by atoms with Gasteiger partial charge in [0.15, 0.2) is 34.7 Å². The third kappa shape index (κ3) is 15.3. The topological polar surface area (TPSA) is 128 Å². The van der Waals surface area contributed by atoms with Crippen molar-refractivity contribution in [3.63, 3.8) is 0 Å². The molecule has 8 nitrogen and oxygen atoms in total. The second kappa shape index (κ2) is 26.9. The molecule has 0 aliphatic heterocycles. The van der Waals surface area contributed by atoms with E-state index in [2.05, 4.69) is 35.9 Å². The third-order valence-electron chi connectivity index (χ3n) is 10.6. The van der Waals surface area contributed by atoms with Crippen LogP contribution in [0.1, 0.15) is 92.5 Å². The zero-order valence-corrected chi connectivity index (χ0v) is 40.1. The normalized spacial score (nSPS) is 10.0. The number of aromatic nitrogens is 2. The Labute approximate surface area is 437 Å². The molecule has 0 N–H and O–H groups in total. The van der Waals surface area contributed by atoms with Crippen molar-refractivity contribution in [2.24, 2.45) is 0 Å². The van der Waals surface area contributed by atoms with E-state index in [4.69, 9.17) is 0 Å². The van der Waals surface area contributed by atoms with Crippen molar-refractivity contribution in [1.29, 1.82) is 0 Å². The summed E-state index contributed by atoms with van der Waals surface area (Å²) in [4.78, 5) is 79.7. The van der Waals surface area contributed by atoms with Crippen LogP contribution in [0, 0.1) is 63.2 Å². The van der Waals surface area contributed by atoms with E-state index in [9.17, 15) is 28.8 Å². The maximum absolute atomic E-state index is 11.8. The minimum atomic E-state index is -0.139. The van der Waals surface area contributed by atoms with Crippen molar-refractivity contribution in [3.8, 4) is 0 Å². The summed E-state index contributed by atoms with van der Waals surface area (Å²) in [6.45, 7) is 4.21. The Morgan fingerprint density at radius 2 is 0.485 bits per heavy atom. The van der Waals surface area contributed by atoms with Crippen LogP contribution in [0.5, 0.6) is 0 Å². The van der Waals surface area contributed by atoms with Gasteiger partial charge in [0.2, 0.25) is 0 Å². The van der Waals surface area contributed by atoms with E-state index in [0.29, 0.717) is 33.4 Å². The first-order valence-electron chi connectivity index (χ1n) is 21.7.